The van der Waals surface area contributed by atoms with Crippen molar-refractivity contribution in [3.63, 3.8) is 0 Å². The number of benzene rings is 2. The highest BCUT2D eigenvalue weighted by molar-refractivity contribution is 6.35. The first-order valence-corrected chi connectivity index (χ1v) is 17.8. The maximum absolute atomic E-state index is 13.2. The average molecular weight is 731 g/mol. The Hall–Kier alpha value is -3.65. The lowest BCUT2D eigenvalue weighted by Crippen LogP contribution is -2.49. The van der Waals surface area contributed by atoms with Crippen LogP contribution < -0.4 is 10.1 Å². The fourth-order valence-corrected chi connectivity index (χ4v) is 4.88. The van der Waals surface area contributed by atoms with Gasteiger partial charge in [-0.25, -0.2) is 4.99 Å². The molecule has 278 valence electrons. The van der Waals surface area contributed by atoms with E-state index in [0.717, 1.165) is 49.4 Å². The van der Waals surface area contributed by atoms with E-state index in [1.54, 1.807) is 12.1 Å². The van der Waals surface area contributed by atoms with Crippen LogP contribution in [0.4, 0.5) is 0 Å². The van der Waals surface area contributed by atoms with Crippen LogP contribution in [0, 0.1) is 5.41 Å². The van der Waals surface area contributed by atoms with Crippen LogP contribution >= 0.6 is 23.2 Å². The molecule has 0 fully saturated rings. The van der Waals surface area contributed by atoms with Gasteiger partial charge < -0.3 is 20.4 Å². The highest BCUT2D eigenvalue weighted by Gasteiger charge is 2.24. The Balaban J connectivity index is 0. The lowest BCUT2D eigenvalue weighted by atomic mass is 9.90. The molecule has 0 aliphatic heterocycles. The molecule has 2 rings (SSSR count). The number of carbonyl (C=O) groups excluding carboxylic acids is 2. The van der Waals surface area contributed by atoms with Crippen LogP contribution in [0.15, 0.2) is 91.0 Å². The number of hydrogen-bond acceptors (Lipinski definition) is 4. The number of amidine groups is 1. The normalized spacial score (nSPS) is 11.4. The summed E-state index contributed by atoms with van der Waals surface area (Å²) in [6.45, 7) is 26.9. The van der Waals surface area contributed by atoms with Gasteiger partial charge in [0.05, 0.1) is 16.8 Å². The molecule has 0 heterocycles. The van der Waals surface area contributed by atoms with E-state index >= 15 is 0 Å². The zero-order valence-corrected chi connectivity index (χ0v) is 33.1. The molecule has 2 aromatic carbocycles. The number of aliphatic imine (C=N–C) groups is 1. The van der Waals surface area contributed by atoms with Gasteiger partial charge in [-0.05, 0) is 73.9 Å². The molecular weight excluding hydrogens is 669 g/mol. The number of rotatable bonds is 17. The summed E-state index contributed by atoms with van der Waals surface area (Å²) >= 11 is 12.6. The second-order valence-corrected chi connectivity index (χ2v) is 13.3. The Labute approximate surface area is 312 Å². The zero-order valence-electron chi connectivity index (χ0n) is 31.6. The van der Waals surface area contributed by atoms with Gasteiger partial charge in [-0.1, -0.05) is 121 Å². The van der Waals surface area contributed by atoms with Gasteiger partial charge in [0.15, 0.2) is 0 Å². The van der Waals surface area contributed by atoms with Gasteiger partial charge in [-0.3, -0.25) is 9.59 Å². The van der Waals surface area contributed by atoms with Crippen LogP contribution in [-0.4, -0.2) is 54.6 Å². The lowest BCUT2D eigenvalue weighted by molar-refractivity contribution is -0.121. The van der Waals surface area contributed by atoms with Crippen LogP contribution in [0.5, 0.6) is 5.75 Å². The highest BCUT2D eigenvalue weighted by atomic mass is 35.5. The second-order valence-electron chi connectivity index (χ2n) is 12.5. The van der Waals surface area contributed by atoms with E-state index in [9.17, 15) is 9.59 Å². The monoisotopic (exact) mass is 729 g/mol. The fourth-order valence-electron chi connectivity index (χ4n) is 4.36. The van der Waals surface area contributed by atoms with Crippen molar-refractivity contribution in [3.05, 3.63) is 107 Å². The third-order valence-corrected chi connectivity index (χ3v) is 7.61. The van der Waals surface area contributed by atoms with E-state index in [2.05, 4.69) is 57.6 Å². The number of aldehydes is 1. The number of carbonyl (C=O) groups is 2. The summed E-state index contributed by atoms with van der Waals surface area (Å²) in [4.78, 5) is 29.9. The molecule has 0 bridgehead atoms. The SMILES string of the molecule is C=C(N=C(C(Cc1ccc(OC/C=C/C)cc1)NC(=O)CCCC(C)(C)C)N(C)CCCC)c1ccc(Cl)cc1Cl.C=CC(=C)C=O.CC.O. The van der Waals surface area contributed by atoms with E-state index < -0.39 is 0 Å². The molecule has 0 aromatic heterocycles. The van der Waals surface area contributed by atoms with Crippen LogP contribution in [0.1, 0.15) is 91.7 Å². The van der Waals surface area contributed by atoms with E-state index in [1.165, 1.54) is 6.08 Å². The van der Waals surface area contributed by atoms with E-state index in [0.29, 0.717) is 52.6 Å². The highest BCUT2D eigenvalue weighted by Crippen LogP contribution is 2.28. The minimum absolute atomic E-state index is 0. The van der Waals surface area contributed by atoms with Crippen LogP contribution in [0.25, 0.3) is 5.70 Å². The molecular formula is C41H61Cl2N3O4. The van der Waals surface area contributed by atoms with Crippen molar-refractivity contribution in [2.45, 2.75) is 93.0 Å². The standard InChI is InChI=1S/C34H47Cl2N3O2.C5H6O.C2H6.H2O/c1-8-10-21-39(7)33(37-25(3)29-19-16-27(35)24-30(29)36)31(38-32(40)13-12-20-34(4,5)6)23-26-14-17-28(18-15-26)41-22-11-9-2;1-3-5(2)4-6;1-2;/h9,11,14-19,24,31H,3,8,10,12-13,20-23H2,1-2,4-7H3,(H,38,40);3-4H,1-2H2;1-2H3;1H2/b11-9+,37-33?;;;. The van der Waals surface area contributed by atoms with Crippen molar-refractivity contribution in [1.29, 1.82) is 0 Å². The largest absolute Gasteiger partial charge is 0.490 e. The summed E-state index contributed by atoms with van der Waals surface area (Å²) in [6, 6.07) is 12.9. The molecule has 0 aliphatic carbocycles. The van der Waals surface area contributed by atoms with Crippen molar-refractivity contribution in [2.75, 3.05) is 20.2 Å². The Kier molecular flexibility index (Phi) is 26.3. The minimum atomic E-state index is -0.364. The number of nitrogens with zero attached hydrogens (tertiary/aromatic N) is 2. The molecule has 0 saturated heterocycles. The number of halogens is 2. The number of allylic oxidation sites excluding steroid dienone is 3. The topological polar surface area (TPSA) is 102 Å². The van der Waals surface area contributed by atoms with E-state index in [-0.39, 0.29) is 22.8 Å². The van der Waals surface area contributed by atoms with Crippen molar-refractivity contribution in [1.82, 2.24) is 10.2 Å². The number of ether oxygens (including phenoxy) is 1. The molecule has 1 unspecified atom stereocenters. The Morgan fingerprint density at radius 3 is 2.22 bits per heavy atom. The van der Waals surface area contributed by atoms with Crippen LogP contribution in [0.3, 0.4) is 0 Å². The van der Waals surface area contributed by atoms with Gasteiger partial charge in [0, 0.05) is 36.2 Å². The third kappa shape index (κ3) is 20.8. The number of unbranched alkanes of at least 4 members (excludes halogenated alkanes) is 1. The molecule has 0 spiro atoms. The van der Waals surface area contributed by atoms with Gasteiger partial charge in [-0.2, -0.15) is 0 Å². The fraction of sp³-hybridized carbons (Fsp3) is 0.439. The van der Waals surface area contributed by atoms with Gasteiger partial charge in [0.25, 0.3) is 0 Å². The predicted molar refractivity (Wildman–Crippen MR) is 217 cm³/mol. The van der Waals surface area contributed by atoms with Gasteiger partial charge >= 0.3 is 0 Å². The molecule has 0 radical (unpaired) electrons. The van der Waals surface area contributed by atoms with Gasteiger partial charge in [-0.15, -0.1) is 0 Å². The molecule has 9 heteroatoms. The maximum Gasteiger partial charge on any atom is 0.220 e. The molecule has 50 heavy (non-hydrogen) atoms. The van der Waals surface area contributed by atoms with Crippen molar-refractivity contribution in [2.24, 2.45) is 10.4 Å². The van der Waals surface area contributed by atoms with Crippen molar-refractivity contribution >= 4 is 46.9 Å². The summed E-state index contributed by atoms with van der Waals surface area (Å²) in [7, 11) is 2.02. The molecule has 1 amide bonds. The summed E-state index contributed by atoms with van der Waals surface area (Å²) < 4.78 is 5.77. The first kappa shape index (κ1) is 48.5. The van der Waals surface area contributed by atoms with Gasteiger partial charge in [0.2, 0.25) is 5.91 Å². The Bertz CT molecular complexity index is 1370. The van der Waals surface area contributed by atoms with Crippen LogP contribution in [0.2, 0.25) is 10.0 Å². The first-order valence-electron chi connectivity index (χ1n) is 17.1. The molecule has 0 aliphatic rings. The predicted octanol–water partition coefficient (Wildman–Crippen LogP) is 10.1. The summed E-state index contributed by atoms with van der Waals surface area (Å²) in [6.07, 6.45) is 10.9. The summed E-state index contributed by atoms with van der Waals surface area (Å²) in [5.74, 6) is 1.55. The quantitative estimate of drug-likeness (QED) is 0.0437. The number of likely N-dealkylation sites (N-methyl/N-ethyl adjacent to an activating group) is 1. The summed E-state index contributed by atoms with van der Waals surface area (Å²) in [5.41, 5.74) is 2.89. The second kappa shape index (κ2) is 27.1. The van der Waals surface area contributed by atoms with E-state index in [1.807, 2.05) is 70.3 Å². The smallest absolute Gasteiger partial charge is 0.220 e. The molecule has 7 nitrogen and oxygen atoms in total. The Morgan fingerprint density at radius 2 is 1.72 bits per heavy atom. The average Bonchev–Trinajstić information content (AvgIpc) is 3.06. The number of nitrogens with one attached hydrogen (secondary N) is 1. The van der Waals surface area contributed by atoms with E-state index in [4.69, 9.17) is 32.9 Å². The zero-order chi connectivity index (χ0) is 37.4. The molecule has 2 aromatic rings. The van der Waals surface area contributed by atoms with Gasteiger partial charge in [0.1, 0.15) is 24.5 Å². The molecule has 3 N–H and O–H groups in total. The Morgan fingerprint density at radius 1 is 1.08 bits per heavy atom. The number of hydrogen-bond donors (Lipinski definition) is 1. The molecule has 1 atom stereocenters. The number of amides is 1. The summed E-state index contributed by atoms with van der Waals surface area (Å²) in [5, 5.41) is 4.33. The third-order valence-electron chi connectivity index (χ3n) is 7.07. The lowest BCUT2D eigenvalue weighted by Gasteiger charge is -2.29. The van der Waals surface area contributed by atoms with Crippen molar-refractivity contribution < 1.29 is 19.8 Å². The minimum Gasteiger partial charge on any atom is -0.490 e. The van der Waals surface area contributed by atoms with Crippen LogP contribution in [-0.2, 0) is 16.0 Å². The maximum atomic E-state index is 13.2. The molecule has 0 saturated carbocycles. The van der Waals surface area contributed by atoms with Crippen molar-refractivity contribution in [3.8, 4) is 5.75 Å². The first-order chi connectivity index (χ1) is 23.2.